The molecule has 1 heterocycles. The van der Waals surface area contributed by atoms with Crippen molar-refractivity contribution in [1.29, 1.82) is 5.26 Å². The first-order chi connectivity index (χ1) is 17.8. The largest absolute Gasteiger partial charge is 0.493 e. The third-order valence-electron chi connectivity index (χ3n) is 7.48. The van der Waals surface area contributed by atoms with Gasteiger partial charge >= 0.3 is 6.18 Å². The van der Waals surface area contributed by atoms with E-state index < -0.39 is 40.3 Å². The molecule has 1 aliphatic rings. The molecule has 1 aliphatic heterocycles. The van der Waals surface area contributed by atoms with Crippen LogP contribution in [0.4, 0.5) is 24.5 Å². The van der Waals surface area contributed by atoms with Gasteiger partial charge in [-0.15, -0.1) is 0 Å². The fourth-order valence-corrected chi connectivity index (χ4v) is 5.12. The molecular weight excluding hydrogens is 499 g/mol. The average molecular weight is 532 g/mol. The van der Waals surface area contributed by atoms with E-state index in [2.05, 4.69) is 5.32 Å². The monoisotopic (exact) mass is 531 g/mol. The van der Waals surface area contributed by atoms with E-state index in [1.54, 1.807) is 0 Å². The first-order valence-corrected chi connectivity index (χ1v) is 12.3. The third-order valence-corrected chi connectivity index (χ3v) is 7.48. The Morgan fingerprint density at radius 2 is 1.89 bits per heavy atom. The summed E-state index contributed by atoms with van der Waals surface area (Å²) in [5.41, 5.74) is -2.92. The van der Waals surface area contributed by atoms with E-state index in [9.17, 15) is 22.8 Å². The van der Waals surface area contributed by atoms with Crippen molar-refractivity contribution in [3.63, 3.8) is 0 Å². The summed E-state index contributed by atoms with van der Waals surface area (Å²) < 4.78 is 53.1. The molecule has 0 radical (unpaired) electrons. The highest BCUT2D eigenvalue weighted by Crippen LogP contribution is 2.51. The van der Waals surface area contributed by atoms with E-state index in [-0.39, 0.29) is 24.6 Å². The Bertz CT molecular complexity index is 1210. The zero-order valence-corrected chi connectivity index (χ0v) is 22.1. The number of imide groups is 1. The molecule has 3 atom stereocenters. The molecule has 3 rings (SSSR count). The number of nitriles is 1. The highest BCUT2D eigenvalue weighted by molar-refractivity contribution is 6.08. The van der Waals surface area contributed by atoms with Crippen molar-refractivity contribution in [2.24, 2.45) is 11.8 Å². The number of hydrogen-bond acceptors (Lipinski definition) is 6. The molecule has 0 aliphatic carbocycles. The first kappa shape index (κ1) is 29.0. The second kappa shape index (κ2) is 11.0. The van der Waals surface area contributed by atoms with Gasteiger partial charge in [0.25, 0.3) is 0 Å². The number of benzene rings is 2. The Morgan fingerprint density at radius 1 is 1.24 bits per heavy atom. The Morgan fingerprint density at radius 3 is 2.42 bits per heavy atom. The number of amides is 2. The number of hydrogen-bond donors (Lipinski definition) is 1. The van der Waals surface area contributed by atoms with E-state index in [1.807, 2.05) is 59.0 Å². The summed E-state index contributed by atoms with van der Waals surface area (Å²) >= 11 is 0. The van der Waals surface area contributed by atoms with Gasteiger partial charge in [-0.25, -0.2) is 0 Å². The Labute approximate surface area is 220 Å². The molecule has 10 heteroatoms. The zero-order valence-electron chi connectivity index (χ0n) is 22.1. The molecule has 1 N–H and O–H groups in total. The molecule has 2 aromatic carbocycles. The van der Waals surface area contributed by atoms with Crippen molar-refractivity contribution in [3.05, 3.63) is 53.6 Å². The quantitative estimate of drug-likeness (QED) is 0.412. The number of anilines is 2. The Hall–Kier alpha value is -3.58. The van der Waals surface area contributed by atoms with Gasteiger partial charge in [0, 0.05) is 19.2 Å². The van der Waals surface area contributed by atoms with Crippen molar-refractivity contribution in [1.82, 2.24) is 0 Å². The summed E-state index contributed by atoms with van der Waals surface area (Å²) in [6.45, 7) is 7.61. The molecule has 1 fully saturated rings. The van der Waals surface area contributed by atoms with Gasteiger partial charge in [0.15, 0.2) is 0 Å². The van der Waals surface area contributed by atoms with Crippen LogP contribution in [0.5, 0.6) is 5.75 Å². The van der Waals surface area contributed by atoms with Gasteiger partial charge in [-0.2, -0.15) is 18.4 Å². The minimum Gasteiger partial charge on any atom is -0.493 e. The van der Waals surface area contributed by atoms with Crippen LogP contribution in [0.2, 0.25) is 0 Å². The van der Waals surface area contributed by atoms with E-state index in [1.165, 1.54) is 6.07 Å². The van der Waals surface area contributed by atoms with Crippen LogP contribution < -0.4 is 15.0 Å². The summed E-state index contributed by atoms with van der Waals surface area (Å²) in [4.78, 5) is 26.7. The molecule has 204 valence electrons. The molecule has 1 saturated heterocycles. The molecule has 38 heavy (non-hydrogen) atoms. The van der Waals surface area contributed by atoms with Gasteiger partial charge < -0.3 is 14.8 Å². The molecule has 7 nitrogen and oxygen atoms in total. The normalized spacial score (nSPS) is 22.4. The number of halogens is 3. The minimum atomic E-state index is -4.83. The van der Waals surface area contributed by atoms with Crippen molar-refractivity contribution in [2.45, 2.75) is 57.9 Å². The van der Waals surface area contributed by atoms with Crippen LogP contribution in [0.1, 0.15) is 51.7 Å². The zero-order chi connectivity index (χ0) is 28.3. The molecule has 2 amide bonds. The Kier molecular flexibility index (Phi) is 8.42. The SMILES string of the molecule is CCC1(CCOc2ccc(NC)cc2)OC(C)(C)C(C)C1C(=O)N(C=O)c1ccc(C#N)c(C(F)(F)F)c1. The van der Waals surface area contributed by atoms with Gasteiger partial charge in [0.2, 0.25) is 12.3 Å². The van der Waals surface area contributed by atoms with Crippen LogP contribution in [0.3, 0.4) is 0 Å². The smallest absolute Gasteiger partial charge is 0.417 e. The lowest BCUT2D eigenvalue weighted by Crippen LogP contribution is -2.48. The molecule has 0 aromatic heterocycles. The summed E-state index contributed by atoms with van der Waals surface area (Å²) in [5, 5.41) is 12.1. The van der Waals surface area contributed by atoms with E-state index in [4.69, 9.17) is 14.7 Å². The minimum absolute atomic E-state index is 0.210. The second-order valence-electron chi connectivity index (χ2n) is 9.92. The number of ether oxygens (including phenoxy) is 2. The predicted octanol–water partition coefficient (Wildman–Crippen LogP) is 5.79. The van der Waals surface area contributed by atoms with Gasteiger partial charge in [-0.1, -0.05) is 13.8 Å². The van der Waals surface area contributed by atoms with Gasteiger partial charge in [-0.05, 0) is 68.7 Å². The molecular formula is C28H32F3N3O4. The summed E-state index contributed by atoms with van der Waals surface area (Å²) in [5.74, 6) is -1.24. The number of nitrogens with zero attached hydrogens (tertiary/aromatic N) is 2. The van der Waals surface area contributed by atoms with Crippen LogP contribution in [-0.4, -0.2) is 37.2 Å². The standard InChI is InChI=1S/C28H32F3N3O4/c1-6-27(13-14-37-22-11-8-20(33-5)9-12-22)24(18(2)26(3,4)38-27)25(36)34(17-35)21-10-7-19(16-32)23(15-21)28(29,30)31/h7-12,15,17-18,24,33H,6,13-14H2,1-5H3. The van der Waals surface area contributed by atoms with Crippen LogP contribution in [-0.2, 0) is 20.5 Å². The molecule has 0 spiro atoms. The van der Waals surface area contributed by atoms with Gasteiger partial charge in [0.1, 0.15) is 5.75 Å². The highest BCUT2D eigenvalue weighted by atomic mass is 19.4. The summed E-state index contributed by atoms with van der Waals surface area (Å²) in [6.07, 6.45) is -3.90. The fraction of sp³-hybridized carbons (Fsp3) is 0.464. The van der Waals surface area contributed by atoms with Crippen LogP contribution in [0.25, 0.3) is 0 Å². The van der Waals surface area contributed by atoms with E-state index in [0.717, 1.165) is 17.8 Å². The number of nitrogens with one attached hydrogen (secondary N) is 1. The topological polar surface area (TPSA) is 91.7 Å². The Balaban J connectivity index is 1.93. The summed E-state index contributed by atoms with van der Waals surface area (Å²) in [6, 6.07) is 11.6. The molecule has 0 saturated carbocycles. The van der Waals surface area contributed by atoms with Gasteiger partial charge in [-0.3, -0.25) is 14.5 Å². The lowest BCUT2D eigenvalue weighted by Gasteiger charge is -2.35. The van der Waals surface area contributed by atoms with Gasteiger partial charge in [0.05, 0.1) is 46.6 Å². The van der Waals surface area contributed by atoms with Crippen LogP contribution >= 0.6 is 0 Å². The number of carbonyl (C=O) groups excluding carboxylic acids is 2. The second-order valence-corrected chi connectivity index (χ2v) is 9.92. The fourth-order valence-electron chi connectivity index (χ4n) is 5.12. The van der Waals surface area contributed by atoms with E-state index >= 15 is 0 Å². The highest BCUT2D eigenvalue weighted by Gasteiger charge is 2.59. The lowest BCUT2D eigenvalue weighted by atomic mass is 9.73. The van der Waals surface area contributed by atoms with Crippen LogP contribution in [0, 0.1) is 23.2 Å². The maximum Gasteiger partial charge on any atom is 0.417 e. The summed E-state index contributed by atoms with van der Waals surface area (Å²) in [7, 11) is 1.81. The molecule has 0 bridgehead atoms. The van der Waals surface area contributed by atoms with Crippen molar-refractivity contribution >= 4 is 23.7 Å². The number of rotatable bonds is 9. The van der Waals surface area contributed by atoms with Crippen molar-refractivity contribution < 1.29 is 32.2 Å². The van der Waals surface area contributed by atoms with E-state index in [0.29, 0.717) is 29.6 Å². The number of carbonyl (C=O) groups is 2. The first-order valence-electron chi connectivity index (χ1n) is 12.3. The van der Waals surface area contributed by atoms with Crippen molar-refractivity contribution in [2.75, 3.05) is 23.9 Å². The van der Waals surface area contributed by atoms with Crippen LogP contribution in [0.15, 0.2) is 42.5 Å². The average Bonchev–Trinajstić information content (AvgIpc) is 3.09. The maximum absolute atomic E-state index is 13.9. The number of alkyl halides is 3. The third kappa shape index (κ3) is 5.63. The van der Waals surface area contributed by atoms with Crippen molar-refractivity contribution in [3.8, 4) is 11.8 Å². The molecule has 2 aromatic rings. The lowest BCUT2D eigenvalue weighted by molar-refractivity contribution is -0.139. The molecule has 3 unspecified atom stereocenters. The maximum atomic E-state index is 13.9. The predicted molar refractivity (Wildman–Crippen MR) is 137 cm³/mol.